The molecule has 1 heterocycles. The normalized spacial score (nSPS) is 15.3. The second kappa shape index (κ2) is 7.15. The highest BCUT2D eigenvalue weighted by molar-refractivity contribution is 5.91. The van der Waals surface area contributed by atoms with Crippen molar-refractivity contribution in [2.45, 2.75) is 19.8 Å². The van der Waals surface area contributed by atoms with Gasteiger partial charge in [-0.3, -0.25) is 4.79 Å². The first-order chi connectivity index (χ1) is 10.5. The minimum absolute atomic E-state index is 0.00237. The molecule has 1 fully saturated rings. The molecule has 0 radical (unpaired) electrons. The first-order valence-corrected chi connectivity index (χ1v) is 7.47. The number of aryl methyl sites for hydroxylation is 1. The average molecular weight is 305 g/mol. The van der Waals surface area contributed by atoms with E-state index in [0.29, 0.717) is 37.4 Å². The third kappa shape index (κ3) is 3.69. The van der Waals surface area contributed by atoms with Crippen LogP contribution in [-0.4, -0.2) is 44.1 Å². The van der Waals surface area contributed by atoms with Crippen LogP contribution in [0.3, 0.4) is 0 Å². The standard InChI is InChI=1S/C16H23N3O3/c1-11-4-5-14(22-3)13(10-11)18-16(21)19-8-6-12(7-9-19)15(20)17-2/h4-5,10,12H,6-9H2,1-3H3,(H,17,20)(H,18,21). The molecule has 1 saturated heterocycles. The summed E-state index contributed by atoms with van der Waals surface area (Å²) in [6.07, 6.45) is 1.39. The first kappa shape index (κ1) is 16.1. The van der Waals surface area contributed by atoms with E-state index >= 15 is 0 Å². The molecule has 0 unspecified atom stereocenters. The van der Waals surface area contributed by atoms with Crippen LogP contribution < -0.4 is 15.4 Å². The summed E-state index contributed by atoms with van der Waals surface area (Å²) in [4.78, 5) is 25.7. The SMILES string of the molecule is CNC(=O)C1CCN(C(=O)Nc2cc(C)ccc2OC)CC1. The molecule has 0 bridgehead atoms. The zero-order valence-electron chi connectivity index (χ0n) is 13.3. The molecule has 1 aromatic rings. The van der Waals surface area contributed by atoms with E-state index in [4.69, 9.17) is 4.74 Å². The van der Waals surface area contributed by atoms with Crippen molar-refractivity contribution >= 4 is 17.6 Å². The first-order valence-electron chi connectivity index (χ1n) is 7.47. The number of anilines is 1. The number of hydrogen-bond donors (Lipinski definition) is 2. The maximum Gasteiger partial charge on any atom is 0.321 e. The molecule has 0 aliphatic carbocycles. The molecule has 3 amide bonds. The van der Waals surface area contributed by atoms with Gasteiger partial charge in [0.1, 0.15) is 5.75 Å². The fourth-order valence-electron chi connectivity index (χ4n) is 2.66. The Balaban J connectivity index is 1.96. The van der Waals surface area contributed by atoms with Gasteiger partial charge in [-0.1, -0.05) is 6.07 Å². The molecule has 1 aliphatic heterocycles. The monoisotopic (exact) mass is 305 g/mol. The number of methoxy groups -OCH3 is 1. The van der Waals surface area contributed by atoms with Crippen LogP contribution in [0.1, 0.15) is 18.4 Å². The number of amides is 3. The highest BCUT2D eigenvalue weighted by Gasteiger charge is 2.27. The molecular weight excluding hydrogens is 282 g/mol. The number of carbonyl (C=O) groups is 2. The summed E-state index contributed by atoms with van der Waals surface area (Å²) in [6.45, 7) is 3.13. The molecule has 0 spiro atoms. The molecule has 1 aromatic carbocycles. The van der Waals surface area contributed by atoms with Crippen LogP contribution in [0, 0.1) is 12.8 Å². The maximum absolute atomic E-state index is 12.4. The fourth-order valence-corrected chi connectivity index (χ4v) is 2.66. The molecule has 6 nitrogen and oxygen atoms in total. The summed E-state index contributed by atoms with van der Waals surface area (Å²) in [7, 11) is 3.22. The van der Waals surface area contributed by atoms with Gasteiger partial charge in [-0.2, -0.15) is 0 Å². The molecule has 1 aliphatic rings. The second-order valence-corrected chi connectivity index (χ2v) is 5.51. The number of nitrogens with one attached hydrogen (secondary N) is 2. The van der Waals surface area contributed by atoms with Gasteiger partial charge in [0.15, 0.2) is 0 Å². The summed E-state index contributed by atoms with van der Waals surface area (Å²) in [6, 6.07) is 5.50. The Morgan fingerprint density at radius 3 is 2.55 bits per heavy atom. The number of benzene rings is 1. The lowest BCUT2D eigenvalue weighted by Crippen LogP contribution is -2.44. The van der Waals surface area contributed by atoms with Crippen molar-refractivity contribution in [1.82, 2.24) is 10.2 Å². The number of likely N-dealkylation sites (tertiary alicyclic amines) is 1. The van der Waals surface area contributed by atoms with Crippen molar-refractivity contribution in [1.29, 1.82) is 0 Å². The van der Waals surface area contributed by atoms with E-state index in [0.717, 1.165) is 5.56 Å². The highest BCUT2D eigenvalue weighted by atomic mass is 16.5. The lowest BCUT2D eigenvalue weighted by Gasteiger charge is -2.31. The van der Waals surface area contributed by atoms with Crippen molar-refractivity contribution in [2.24, 2.45) is 5.92 Å². The quantitative estimate of drug-likeness (QED) is 0.897. The Morgan fingerprint density at radius 1 is 1.27 bits per heavy atom. The van der Waals surface area contributed by atoms with Crippen LogP contribution in [0.5, 0.6) is 5.75 Å². The van der Waals surface area contributed by atoms with Crippen LogP contribution in [0.15, 0.2) is 18.2 Å². The minimum Gasteiger partial charge on any atom is -0.495 e. The largest absolute Gasteiger partial charge is 0.495 e. The molecule has 22 heavy (non-hydrogen) atoms. The highest BCUT2D eigenvalue weighted by Crippen LogP contribution is 2.26. The number of hydrogen-bond acceptors (Lipinski definition) is 3. The van der Waals surface area contributed by atoms with Gasteiger partial charge in [0, 0.05) is 26.1 Å². The number of carbonyl (C=O) groups excluding carboxylic acids is 2. The lowest BCUT2D eigenvalue weighted by molar-refractivity contribution is -0.125. The second-order valence-electron chi connectivity index (χ2n) is 5.51. The molecule has 120 valence electrons. The Hall–Kier alpha value is -2.24. The van der Waals surface area contributed by atoms with E-state index in [1.165, 1.54) is 0 Å². The van der Waals surface area contributed by atoms with Gasteiger partial charge < -0.3 is 20.3 Å². The number of nitrogens with zero attached hydrogens (tertiary/aromatic N) is 1. The molecule has 2 rings (SSSR count). The van der Waals surface area contributed by atoms with Gasteiger partial charge in [-0.05, 0) is 37.5 Å². The Labute approximate surface area is 130 Å². The van der Waals surface area contributed by atoms with Crippen molar-refractivity contribution in [2.75, 3.05) is 32.6 Å². The number of ether oxygens (including phenoxy) is 1. The lowest BCUT2D eigenvalue weighted by atomic mass is 9.96. The van der Waals surface area contributed by atoms with Crippen molar-refractivity contribution < 1.29 is 14.3 Å². The van der Waals surface area contributed by atoms with Gasteiger partial charge in [-0.25, -0.2) is 4.79 Å². The van der Waals surface area contributed by atoms with E-state index in [2.05, 4.69) is 10.6 Å². The average Bonchev–Trinajstić information content (AvgIpc) is 2.54. The third-order valence-corrected chi connectivity index (χ3v) is 4.00. The van der Waals surface area contributed by atoms with Crippen LogP contribution in [0.2, 0.25) is 0 Å². The predicted molar refractivity (Wildman–Crippen MR) is 85.1 cm³/mol. The van der Waals surface area contributed by atoms with Gasteiger partial charge in [0.25, 0.3) is 0 Å². The fraction of sp³-hybridized carbons (Fsp3) is 0.500. The zero-order valence-corrected chi connectivity index (χ0v) is 13.3. The minimum atomic E-state index is -0.153. The number of piperidine rings is 1. The maximum atomic E-state index is 12.4. The predicted octanol–water partition coefficient (Wildman–Crippen LogP) is 1.99. The smallest absolute Gasteiger partial charge is 0.321 e. The molecular formula is C16H23N3O3. The van der Waals surface area contributed by atoms with Crippen LogP contribution >= 0.6 is 0 Å². The summed E-state index contributed by atoms with van der Waals surface area (Å²) in [5.74, 6) is 0.696. The van der Waals surface area contributed by atoms with E-state index < -0.39 is 0 Å². The van der Waals surface area contributed by atoms with Gasteiger partial charge in [0.2, 0.25) is 5.91 Å². The summed E-state index contributed by atoms with van der Waals surface area (Å²) in [5.41, 5.74) is 1.72. The Kier molecular flexibility index (Phi) is 5.25. The number of urea groups is 1. The van der Waals surface area contributed by atoms with E-state index in [-0.39, 0.29) is 17.9 Å². The van der Waals surface area contributed by atoms with Crippen LogP contribution in [0.4, 0.5) is 10.5 Å². The molecule has 0 saturated carbocycles. The summed E-state index contributed by atoms with van der Waals surface area (Å²) >= 11 is 0. The Bertz CT molecular complexity index is 552. The summed E-state index contributed by atoms with van der Waals surface area (Å²) < 4.78 is 5.27. The van der Waals surface area contributed by atoms with E-state index in [1.54, 1.807) is 19.1 Å². The van der Waals surface area contributed by atoms with Gasteiger partial charge >= 0.3 is 6.03 Å². The molecule has 2 N–H and O–H groups in total. The van der Waals surface area contributed by atoms with Crippen molar-refractivity contribution in [3.8, 4) is 5.75 Å². The molecule has 6 heteroatoms. The van der Waals surface area contributed by atoms with Crippen molar-refractivity contribution in [3.63, 3.8) is 0 Å². The van der Waals surface area contributed by atoms with Gasteiger partial charge in [-0.15, -0.1) is 0 Å². The number of rotatable bonds is 3. The zero-order chi connectivity index (χ0) is 16.1. The topological polar surface area (TPSA) is 70.7 Å². The molecule has 0 atom stereocenters. The van der Waals surface area contributed by atoms with Crippen LogP contribution in [0.25, 0.3) is 0 Å². The molecule has 0 aromatic heterocycles. The van der Waals surface area contributed by atoms with Crippen molar-refractivity contribution in [3.05, 3.63) is 23.8 Å². The van der Waals surface area contributed by atoms with Gasteiger partial charge in [0.05, 0.1) is 12.8 Å². The van der Waals surface area contributed by atoms with E-state index in [9.17, 15) is 9.59 Å². The summed E-state index contributed by atoms with van der Waals surface area (Å²) in [5, 5.41) is 5.56. The van der Waals surface area contributed by atoms with E-state index in [1.807, 2.05) is 25.1 Å². The third-order valence-electron chi connectivity index (χ3n) is 4.00. The Morgan fingerprint density at radius 2 is 1.95 bits per heavy atom. The van der Waals surface area contributed by atoms with Crippen LogP contribution in [-0.2, 0) is 4.79 Å².